The lowest BCUT2D eigenvalue weighted by molar-refractivity contribution is -0.0162. The van der Waals surface area contributed by atoms with Gasteiger partial charge in [0.25, 0.3) is 0 Å². The molecular formula is C16H16Cl2N2O. The average Bonchev–Trinajstić information content (AvgIpc) is 2.98. The SMILES string of the molecule is COC1(c2nc(Cl)c(-c3ccccc3)c(Cl)n2)CCCC1. The Balaban J connectivity index is 2.08. The minimum Gasteiger partial charge on any atom is -0.370 e. The van der Waals surface area contributed by atoms with E-state index in [-0.39, 0.29) is 0 Å². The topological polar surface area (TPSA) is 35.0 Å². The first-order valence-corrected chi connectivity index (χ1v) is 7.76. The second kappa shape index (κ2) is 5.91. The summed E-state index contributed by atoms with van der Waals surface area (Å²) in [4.78, 5) is 8.96. The lowest BCUT2D eigenvalue weighted by Gasteiger charge is -2.26. The van der Waals surface area contributed by atoms with E-state index in [1.165, 1.54) is 0 Å². The number of halogens is 2. The molecule has 0 atom stereocenters. The van der Waals surface area contributed by atoms with E-state index >= 15 is 0 Å². The third-order valence-electron chi connectivity index (χ3n) is 4.09. The number of methoxy groups -OCH3 is 1. The number of rotatable bonds is 3. The largest absolute Gasteiger partial charge is 0.370 e. The fourth-order valence-electron chi connectivity index (χ4n) is 2.92. The quantitative estimate of drug-likeness (QED) is 0.756. The van der Waals surface area contributed by atoms with Gasteiger partial charge < -0.3 is 4.74 Å². The van der Waals surface area contributed by atoms with Crippen molar-refractivity contribution >= 4 is 23.2 Å². The lowest BCUT2D eigenvalue weighted by Crippen LogP contribution is -2.27. The van der Waals surface area contributed by atoms with Crippen LogP contribution in [0.25, 0.3) is 11.1 Å². The van der Waals surface area contributed by atoms with Crippen LogP contribution >= 0.6 is 23.2 Å². The first-order chi connectivity index (χ1) is 10.2. The monoisotopic (exact) mass is 322 g/mol. The van der Waals surface area contributed by atoms with E-state index in [0.29, 0.717) is 21.7 Å². The molecule has 0 N–H and O–H groups in total. The van der Waals surface area contributed by atoms with Crippen molar-refractivity contribution in [3.8, 4) is 11.1 Å². The van der Waals surface area contributed by atoms with Crippen LogP contribution in [0, 0.1) is 0 Å². The van der Waals surface area contributed by atoms with Crippen molar-refractivity contribution in [1.29, 1.82) is 0 Å². The first-order valence-electron chi connectivity index (χ1n) is 7.00. The number of ether oxygens (including phenoxy) is 1. The Kier molecular flexibility index (Phi) is 4.16. The van der Waals surface area contributed by atoms with Crippen molar-refractivity contribution in [2.24, 2.45) is 0 Å². The van der Waals surface area contributed by atoms with Gasteiger partial charge in [0, 0.05) is 7.11 Å². The summed E-state index contributed by atoms with van der Waals surface area (Å²) in [5.74, 6) is 0.595. The van der Waals surface area contributed by atoms with Crippen LogP contribution in [0.15, 0.2) is 30.3 Å². The molecule has 1 fully saturated rings. The van der Waals surface area contributed by atoms with E-state index in [1.807, 2.05) is 30.3 Å². The summed E-state index contributed by atoms with van der Waals surface area (Å²) in [6.07, 6.45) is 4.02. The molecule has 0 aliphatic heterocycles. The number of nitrogens with zero attached hydrogens (tertiary/aromatic N) is 2. The molecule has 1 aromatic carbocycles. The van der Waals surface area contributed by atoms with E-state index in [4.69, 9.17) is 27.9 Å². The maximum Gasteiger partial charge on any atom is 0.163 e. The van der Waals surface area contributed by atoms with E-state index in [9.17, 15) is 0 Å². The zero-order valence-corrected chi connectivity index (χ0v) is 13.3. The highest BCUT2D eigenvalue weighted by molar-refractivity contribution is 6.37. The number of hydrogen-bond acceptors (Lipinski definition) is 3. The molecule has 0 amide bonds. The standard InChI is InChI=1S/C16H16Cl2N2O/c1-21-16(9-5-6-10-16)15-19-13(17)12(14(18)20-15)11-7-3-2-4-8-11/h2-4,7-8H,5-6,9-10H2,1H3. The van der Waals surface area contributed by atoms with E-state index in [0.717, 1.165) is 31.2 Å². The molecule has 21 heavy (non-hydrogen) atoms. The molecule has 3 rings (SSSR count). The number of aromatic nitrogens is 2. The van der Waals surface area contributed by atoms with Gasteiger partial charge in [-0.15, -0.1) is 0 Å². The molecule has 1 saturated carbocycles. The molecule has 110 valence electrons. The highest BCUT2D eigenvalue weighted by Gasteiger charge is 2.39. The fourth-order valence-corrected chi connectivity index (χ4v) is 3.53. The smallest absolute Gasteiger partial charge is 0.163 e. The highest BCUT2D eigenvalue weighted by atomic mass is 35.5. The van der Waals surface area contributed by atoms with E-state index in [1.54, 1.807) is 7.11 Å². The summed E-state index contributed by atoms with van der Waals surface area (Å²) in [7, 11) is 1.70. The molecule has 0 unspecified atom stereocenters. The van der Waals surface area contributed by atoms with Crippen molar-refractivity contribution in [3.63, 3.8) is 0 Å². The maximum absolute atomic E-state index is 6.38. The second-order valence-corrected chi connectivity index (χ2v) is 5.99. The Labute approximate surface area is 134 Å². The molecule has 0 radical (unpaired) electrons. The Morgan fingerprint density at radius 1 is 1.00 bits per heavy atom. The predicted molar refractivity (Wildman–Crippen MR) is 84.6 cm³/mol. The minimum atomic E-state index is -0.442. The van der Waals surface area contributed by atoms with Gasteiger partial charge in [-0.3, -0.25) is 0 Å². The van der Waals surface area contributed by atoms with Crippen LogP contribution in [-0.4, -0.2) is 17.1 Å². The first kappa shape index (κ1) is 14.8. The molecular weight excluding hydrogens is 307 g/mol. The minimum absolute atomic E-state index is 0.375. The van der Waals surface area contributed by atoms with Crippen molar-refractivity contribution in [2.45, 2.75) is 31.3 Å². The van der Waals surface area contributed by atoms with Gasteiger partial charge in [-0.2, -0.15) is 0 Å². The fraction of sp³-hybridized carbons (Fsp3) is 0.375. The van der Waals surface area contributed by atoms with Gasteiger partial charge in [0.1, 0.15) is 15.9 Å². The second-order valence-electron chi connectivity index (χ2n) is 5.28. The summed E-state index contributed by atoms with van der Waals surface area (Å²) in [6, 6.07) is 9.70. The summed E-state index contributed by atoms with van der Waals surface area (Å²) in [5, 5.41) is 0.749. The normalized spacial score (nSPS) is 17.1. The van der Waals surface area contributed by atoms with Crippen LogP contribution in [0.4, 0.5) is 0 Å². The maximum atomic E-state index is 6.38. The summed E-state index contributed by atoms with van der Waals surface area (Å²) >= 11 is 12.8. The molecule has 3 nitrogen and oxygen atoms in total. The van der Waals surface area contributed by atoms with E-state index < -0.39 is 5.60 Å². The molecule has 1 heterocycles. The lowest BCUT2D eigenvalue weighted by atomic mass is 10.0. The van der Waals surface area contributed by atoms with Crippen LogP contribution in [0.3, 0.4) is 0 Å². The third kappa shape index (κ3) is 2.66. The van der Waals surface area contributed by atoms with Gasteiger partial charge in [0.05, 0.1) is 5.56 Å². The molecule has 5 heteroatoms. The van der Waals surface area contributed by atoms with Crippen LogP contribution in [0.2, 0.25) is 10.3 Å². The number of benzene rings is 1. The highest BCUT2D eigenvalue weighted by Crippen LogP contribution is 2.42. The molecule has 0 saturated heterocycles. The van der Waals surface area contributed by atoms with Crippen LogP contribution in [0.5, 0.6) is 0 Å². The van der Waals surface area contributed by atoms with Crippen molar-refractivity contribution in [1.82, 2.24) is 9.97 Å². The zero-order valence-electron chi connectivity index (χ0n) is 11.8. The molecule has 1 aliphatic rings. The Bertz CT molecular complexity index is 617. The summed E-state index contributed by atoms with van der Waals surface area (Å²) < 4.78 is 5.70. The zero-order chi connectivity index (χ0) is 14.9. The molecule has 2 aromatic rings. The summed E-state index contributed by atoms with van der Waals surface area (Å²) in [6.45, 7) is 0. The molecule has 0 bridgehead atoms. The average molecular weight is 323 g/mol. The van der Waals surface area contributed by atoms with Gasteiger partial charge in [0.2, 0.25) is 0 Å². The summed E-state index contributed by atoms with van der Waals surface area (Å²) in [5.41, 5.74) is 1.14. The predicted octanol–water partition coefficient (Wildman–Crippen LogP) is 4.87. The van der Waals surface area contributed by atoms with Gasteiger partial charge in [0.15, 0.2) is 5.82 Å². The van der Waals surface area contributed by atoms with Crippen LogP contribution in [-0.2, 0) is 10.3 Å². The molecule has 1 aliphatic carbocycles. The van der Waals surface area contributed by atoms with Crippen molar-refractivity contribution < 1.29 is 4.74 Å². The number of hydrogen-bond donors (Lipinski definition) is 0. The van der Waals surface area contributed by atoms with Gasteiger partial charge in [-0.25, -0.2) is 9.97 Å². The Morgan fingerprint density at radius 2 is 1.57 bits per heavy atom. The van der Waals surface area contributed by atoms with Crippen LogP contribution < -0.4 is 0 Å². The van der Waals surface area contributed by atoms with E-state index in [2.05, 4.69) is 9.97 Å². The van der Waals surface area contributed by atoms with Gasteiger partial charge >= 0.3 is 0 Å². The van der Waals surface area contributed by atoms with Gasteiger partial charge in [-0.1, -0.05) is 53.5 Å². The molecule has 1 aromatic heterocycles. The van der Waals surface area contributed by atoms with Crippen LogP contribution in [0.1, 0.15) is 31.5 Å². The van der Waals surface area contributed by atoms with Crippen molar-refractivity contribution in [2.75, 3.05) is 7.11 Å². The Hall–Kier alpha value is -1.16. The Morgan fingerprint density at radius 3 is 2.10 bits per heavy atom. The van der Waals surface area contributed by atoms with Gasteiger partial charge in [-0.05, 0) is 31.2 Å². The van der Waals surface area contributed by atoms with Crippen molar-refractivity contribution in [3.05, 3.63) is 46.5 Å². The third-order valence-corrected chi connectivity index (χ3v) is 4.64. The molecule has 0 spiro atoms.